The molecule has 0 saturated heterocycles. The Morgan fingerprint density at radius 1 is 1.06 bits per heavy atom. The molecule has 7 heteroatoms. The van der Waals surface area contributed by atoms with Gasteiger partial charge in [0.05, 0.1) is 17.5 Å². The van der Waals surface area contributed by atoms with Crippen molar-refractivity contribution < 1.29 is 29.0 Å². The summed E-state index contributed by atoms with van der Waals surface area (Å²) in [4.78, 5) is 41.3. The summed E-state index contributed by atoms with van der Waals surface area (Å²) in [6.45, 7) is 5.05. The molecule has 6 nitrogen and oxygen atoms in total. The molecule has 0 amide bonds. The molecule has 1 N–H and O–H groups in total. The van der Waals surface area contributed by atoms with Crippen LogP contribution in [0.25, 0.3) is 0 Å². The van der Waals surface area contributed by atoms with Gasteiger partial charge in [0.25, 0.3) is 5.41 Å². The fourth-order valence-electron chi connectivity index (χ4n) is 4.41. The molecule has 1 aliphatic carbocycles. The van der Waals surface area contributed by atoms with Crippen LogP contribution in [0.3, 0.4) is 0 Å². The zero-order valence-electron chi connectivity index (χ0n) is 19.2. The summed E-state index contributed by atoms with van der Waals surface area (Å²) >= 11 is 1.22. The number of benzene rings is 2. The van der Waals surface area contributed by atoms with E-state index in [4.69, 9.17) is 9.47 Å². The third kappa shape index (κ3) is 4.38. The molecule has 2 aromatic carbocycles. The van der Waals surface area contributed by atoms with Gasteiger partial charge < -0.3 is 14.6 Å². The number of carbonyl (C=O) groups excluding carboxylic acids is 2. The number of carboxylic acids is 1. The maximum Gasteiger partial charge on any atom is 0.337 e. The van der Waals surface area contributed by atoms with Crippen molar-refractivity contribution in [3.63, 3.8) is 0 Å². The number of rotatable bonds is 9. The number of fused-ring (bicyclic) bond motifs is 1. The summed E-state index contributed by atoms with van der Waals surface area (Å²) < 4.78 is 9.44. The Morgan fingerprint density at radius 3 is 2.36 bits per heavy atom. The van der Waals surface area contributed by atoms with Gasteiger partial charge in [-0.3, -0.25) is 14.4 Å². The lowest BCUT2D eigenvalue weighted by Crippen LogP contribution is -2.61. The van der Waals surface area contributed by atoms with Crippen LogP contribution in [-0.4, -0.2) is 35.7 Å². The zero-order valence-corrected chi connectivity index (χ0v) is 20.0. The van der Waals surface area contributed by atoms with Crippen molar-refractivity contribution in [2.24, 2.45) is 5.41 Å². The van der Waals surface area contributed by atoms with Gasteiger partial charge in [-0.15, -0.1) is 11.8 Å². The van der Waals surface area contributed by atoms with E-state index in [0.29, 0.717) is 24.8 Å². The quantitative estimate of drug-likeness (QED) is 0.408. The molecule has 0 bridgehead atoms. The minimum Gasteiger partial charge on any atom is -0.480 e. The highest BCUT2D eigenvalue weighted by atomic mass is 32.2. The average molecular weight is 471 g/mol. The Labute approximate surface area is 198 Å². The first-order valence-electron chi connectivity index (χ1n) is 11.3. The van der Waals surface area contributed by atoms with Gasteiger partial charge in [0.15, 0.2) is 0 Å². The highest BCUT2D eigenvalue weighted by molar-refractivity contribution is 8.00. The van der Waals surface area contributed by atoms with Crippen LogP contribution in [0.2, 0.25) is 0 Å². The standard InChI is InChI=1S/C26H30O6S/c1-4-18(3)32-24(30)26(22(27)28,23(29)31-5-2)25(33-20-14-7-6-8-15-20)17-11-13-19-12-9-10-16-21(19)25/h6-10,12,14-16,18H,4-5,11,13,17H2,1-3H3,(H,27,28). The third-order valence-electron chi connectivity index (χ3n) is 6.16. The number of carbonyl (C=O) groups is 3. The summed E-state index contributed by atoms with van der Waals surface area (Å²) in [6, 6.07) is 16.7. The Morgan fingerprint density at radius 2 is 1.73 bits per heavy atom. The van der Waals surface area contributed by atoms with Crippen molar-refractivity contribution >= 4 is 29.7 Å². The van der Waals surface area contributed by atoms with E-state index in [-0.39, 0.29) is 6.61 Å². The lowest BCUT2D eigenvalue weighted by molar-refractivity contribution is -0.187. The van der Waals surface area contributed by atoms with Gasteiger partial charge >= 0.3 is 17.9 Å². The van der Waals surface area contributed by atoms with E-state index >= 15 is 0 Å². The number of carboxylic acid groups (broad SMARTS) is 1. The van der Waals surface area contributed by atoms with Crippen LogP contribution < -0.4 is 0 Å². The molecule has 176 valence electrons. The van der Waals surface area contributed by atoms with E-state index < -0.39 is 34.2 Å². The van der Waals surface area contributed by atoms with Crippen LogP contribution in [0.5, 0.6) is 0 Å². The second-order valence-electron chi connectivity index (χ2n) is 8.15. The molecule has 1 aliphatic rings. The van der Waals surface area contributed by atoms with Gasteiger partial charge in [-0.1, -0.05) is 49.4 Å². The van der Waals surface area contributed by atoms with Gasteiger partial charge in [-0.05, 0) is 62.8 Å². The van der Waals surface area contributed by atoms with Crippen LogP contribution >= 0.6 is 11.8 Å². The molecule has 2 aromatic rings. The highest BCUT2D eigenvalue weighted by Gasteiger charge is 2.71. The van der Waals surface area contributed by atoms with E-state index in [9.17, 15) is 19.5 Å². The summed E-state index contributed by atoms with van der Waals surface area (Å²) in [5, 5.41) is 10.7. The van der Waals surface area contributed by atoms with Gasteiger partial charge in [0.2, 0.25) is 0 Å². The molecule has 0 aliphatic heterocycles. The number of thioether (sulfide) groups is 1. The lowest BCUT2D eigenvalue weighted by atomic mass is 9.65. The summed E-state index contributed by atoms with van der Waals surface area (Å²) in [5.41, 5.74) is -1.01. The molecule has 0 heterocycles. The van der Waals surface area contributed by atoms with Gasteiger partial charge in [0.1, 0.15) is 0 Å². The van der Waals surface area contributed by atoms with Gasteiger partial charge in [-0.2, -0.15) is 0 Å². The second kappa shape index (κ2) is 10.4. The van der Waals surface area contributed by atoms with Crippen LogP contribution in [-0.2, 0) is 35.0 Å². The number of aliphatic carboxylic acids is 1. The minimum absolute atomic E-state index is 0.0573. The first-order valence-corrected chi connectivity index (χ1v) is 12.1. The van der Waals surface area contributed by atoms with Crippen LogP contribution in [0, 0.1) is 5.41 Å². The SMILES string of the molecule is CCOC(=O)C(C(=O)O)(C(=O)OC(C)CC)C1(Sc2ccccc2)CCCc2ccccc21. The van der Waals surface area contributed by atoms with E-state index in [2.05, 4.69) is 0 Å². The molecule has 0 aromatic heterocycles. The minimum atomic E-state index is -2.58. The number of hydrogen-bond donors (Lipinski definition) is 1. The largest absolute Gasteiger partial charge is 0.480 e. The van der Waals surface area contributed by atoms with Gasteiger partial charge in [0, 0.05) is 4.90 Å². The van der Waals surface area contributed by atoms with E-state index in [1.165, 1.54) is 11.8 Å². The highest BCUT2D eigenvalue weighted by Crippen LogP contribution is 2.60. The maximum absolute atomic E-state index is 13.8. The molecular weight excluding hydrogens is 440 g/mol. The van der Waals surface area contributed by atoms with Crippen LogP contribution in [0.1, 0.15) is 51.2 Å². The predicted octanol–water partition coefficient (Wildman–Crippen LogP) is 4.99. The normalized spacial score (nSPS) is 20.1. The molecule has 3 unspecified atom stereocenters. The molecule has 0 radical (unpaired) electrons. The molecule has 3 atom stereocenters. The molecule has 33 heavy (non-hydrogen) atoms. The fraction of sp³-hybridized carbons (Fsp3) is 0.423. The van der Waals surface area contributed by atoms with E-state index in [0.717, 1.165) is 16.9 Å². The fourth-order valence-corrected chi connectivity index (χ4v) is 6.07. The Bertz CT molecular complexity index is 1010. The van der Waals surface area contributed by atoms with Crippen LogP contribution in [0.15, 0.2) is 59.5 Å². The van der Waals surface area contributed by atoms with Gasteiger partial charge in [-0.25, -0.2) is 0 Å². The molecular formula is C26H30O6S. The molecule has 0 saturated carbocycles. The Kier molecular flexibility index (Phi) is 7.84. The van der Waals surface area contributed by atoms with E-state index in [1.54, 1.807) is 13.8 Å². The van der Waals surface area contributed by atoms with Crippen molar-refractivity contribution in [1.29, 1.82) is 0 Å². The van der Waals surface area contributed by atoms with Crippen molar-refractivity contribution in [2.45, 2.75) is 62.2 Å². The number of aryl methyl sites for hydroxylation is 1. The number of ether oxygens (including phenoxy) is 2. The topological polar surface area (TPSA) is 89.9 Å². The van der Waals surface area contributed by atoms with Crippen molar-refractivity contribution in [3.8, 4) is 0 Å². The molecule has 0 fully saturated rings. The number of hydrogen-bond acceptors (Lipinski definition) is 6. The first-order chi connectivity index (χ1) is 15.8. The third-order valence-corrected chi connectivity index (χ3v) is 7.75. The summed E-state index contributed by atoms with van der Waals surface area (Å²) in [5.74, 6) is -3.73. The summed E-state index contributed by atoms with van der Waals surface area (Å²) in [7, 11) is 0. The van der Waals surface area contributed by atoms with Crippen molar-refractivity contribution in [3.05, 3.63) is 65.7 Å². The predicted molar refractivity (Wildman–Crippen MR) is 126 cm³/mol. The monoisotopic (exact) mass is 470 g/mol. The molecule has 0 spiro atoms. The smallest absolute Gasteiger partial charge is 0.337 e. The maximum atomic E-state index is 13.8. The second-order valence-corrected chi connectivity index (χ2v) is 9.53. The number of esters is 2. The molecule has 3 rings (SSSR count). The Hall–Kier alpha value is -2.80. The lowest BCUT2D eigenvalue weighted by Gasteiger charge is -2.47. The summed E-state index contributed by atoms with van der Waals surface area (Å²) in [6.07, 6.45) is 1.57. The first kappa shape index (κ1) is 24.8. The Balaban J connectivity index is 2.36. The van der Waals surface area contributed by atoms with E-state index in [1.807, 2.05) is 61.5 Å². The average Bonchev–Trinajstić information content (AvgIpc) is 2.80. The van der Waals surface area contributed by atoms with Crippen LogP contribution in [0.4, 0.5) is 0 Å². The van der Waals surface area contributed by atoms with Crippen molar-refractivity contribution in [1.82, 2.24) is 0 Å². The zero-order chi connectivity index (χ0) is 24.1. The van der Waals surface area contributed by atoms with Crippen molar-refractivity contribution in [2.75, 3.05) is 6.61 Å².